The van der Waals surface area contributed by atoms with E-state index in [2.05, 4.69) is 33.4 Å². The third kappa shape index (κ3) is 4.82. The van der Waals surface area contributed by atoms with Crippen molar-refractivity contribution in [1.82, 2.24) is 5.32 Å². The molecule has 0 spiro atoms. The fourth-order valence-corrected chi connectivity index (χ4v) is 4.04. The minimum absolute atomic E-state index is 0.187. The Morgan fingerprint density at radius 3 is 2.71 bits per heavy atom. The van der Waals surface area contributed by atoms with E-state index < -0.39 is 0 Å². The minimum Gasteiger partial charge on any atom is -0.492 e. The van der Waals surface area contributed by atoms with Gasteiger partial charge in [-0.05, 0) is 82.7 Å². The maximum Gasteiger partial charge on any atom is 0.293 e. The van der Waals surface area contributed by atoms with Gasteiger partial charge in [0.05, 0.1) is 17.8 Å². The van der Waals surface area contributed by atoms with Crippen LogP contribution in [0.25, 0.3) is 0 Å². The van der Waals surface area contributed by atoms with Crippen molar-refractivity contribution in [2.75, 3.05) is 25.1 Å². The second-order valence-electron chi connectivity index (χ2n) is 7.37. The number of benzene rings is 2. The molecule has 0 radical (unpaired) electrons. The van der Waals surface area contributed by atoms with Crippen LogP contribution in [0, 0.1) is 0 Å². The Hall–Kier alpha value is -3.06. The normalized spacial score (nSPS) is 12.3. The molecule has 1 aliphatic carbocycles. The molecule has 160 valence electrons. The number of fused-ring (bicyclic) bond motifs is 1. The molecule has 0 fully saturated rings. The van der Waals surface area contributed by atoms with Crippen LogP contribution in [-0.2, 0) is 12.8 Å². The average Bonchev–Trinajstić information content (AvgIpc) is 3.44. The lowest BCUT2D eigenvalue weighted by atomic mass is 10.1. The van der Waals surface area contributed by atoms with Gasteiger partial charge in [0.25, 0.3) is 11.8 Å². The number of aryl methyl sites for hydroxylation is 2. The summed E-state index contributed by atoms with van der Waals surface area (Å²) in [6, 6.07) is 16.4. The van der Waals surface area contributed by atoms with Crippen LogP contribution in [0.2, 0.25) is 0 Å². The van der Waals surface area contributed by atoms with Crippen LogP contribution in [0.4, 0.5) is 5.69 Å². The standard InChI is InChI=1S/C24H23BrN2O4/c1-27(24(29)21-11-12-22(25)31-21)20-8-3-2-7-19(20)23(28)26-13-14-30-18-10-9-16-5-4-6-17(16)15-18/h2-3,7-12,15H,4-6,13-14H2,1H3,(H,26,28). The number of halogens is 1. The SMILES string of the molecule is CN(C(=O)c1ccc(Br)o1)c1ccccc1C(=O)NCCOc1ccc2c(c1)CCC2. The molecule has 1 aromatic heterocycles. The molecule has 1 heterocycles. The van der Waals surface area contributed by atoms with Crippen LogP contribution in [0.5, 0.6) is 5.75 Å². The molecular weight excluding hydrogens is 460 g/mol. The number of carbonyl (C=O) groups is 2. The second-order valence-corrected chi connectivity index (χ2v) is 8.16. The Balaban J connectivity index is 1.36. The van der Waals surface area contributed by atoms with E-state index in [1.807, 2.05) is 6.07 Å². The molecule has 0 aliphatic heterocycles. The van der Waals surface area contributed by atoms with Crippen molar-refractivity contribution in [3.63, 3.8) is 0 Å². The summed E-state index contributed by atoms with van der Waals surface area (Å²) in [6.07, 6.45) is 3.43. The first-order chi connectivity index (χ1) is 15.0. The Labute approximate surface area is 189 Å². The lowest BCUT2D eigenvalue weighted by Crippen LogP contribution is -2.32. The van der Waals surface area contributed by atoms with E-state index in [0.717, 1.165) is 18.6 Å². The summed E-state index contributed by atoms with van der Waals surface area (Å²) >= 11 is 3.20. The number of anilines is 1. The molecule has 31 heavy (non-hydrogen) atoms. The zero-order valence-corrected chi connectivity index (χ0v) is 18.8. The van der Waals surface area contributed by atoms with Gasteiger partial charge in [-0.3, -0.25) is 9.59 Å². The predicted molar refractivity (Wildman–Crippen MR) is 122 cm³/mol. The van der Waals surface area contributed by atoms with Gasteiger partial charge in [-0.15, -0.1) is 0 Å². The molecule has 2 aromatic carbocycles. The number of nitrogens with zero attached hydrogens (tertiary/aromatic N) is 1. The van der Waals surface area contributed by atoms with Crippen LogP contribution < -0.4 is 15.0 Å². The molecule has 3 aromatic rings. The zero-order chi connectivity index (χ0) is 21.8. The van der Waals surface area contributed by atoms with Gasteiger partial charge < -0.3 is 19.4 Å². The first kappa shape index (κ1) is 21.2. The smallest absolute Gasteiger partial charge is 0.293 e. The van der Waals surface area contributed by atoms with Gasteiger partial charge in [0, 0.05) is 7.05 Å². The van der Waals surface area contributed by atoms with Crippen LogP contribution in [0.15, 0.2) is 63.7 Å². The van der Waals surface area contributed by atoms with E-state index in [1.54, 1.807) is 43.4 Å². The van der Waals surface area contributed by atoms with Crippen molar-refractivity contribution in [3.05, 3.63) is 81.7 Å². The lowest BCUT2D eigenvalue weighted by molar-refractivity contribution is 0.0947. The van der Waals surface area contributed by atoms with Crippen molar-refractivity contribution < 1.29 is 18.7 Å². The van der Waals surface area contributed by atoms with E-state index in [1.165, 1.54) is 22.4 Å². The summed E-state index contributed by atoms with van der Waals surface area (Å²) in [4.78, 5) is 26.9. The molecule has 0 unspecified atom stereocenters. The number of nitrogens with one attached hydrogen (secondary N) is 1. The molecule has 4 rings (SSSR count). The largest absolute Gasteiger partial charge is 0.492 e. The summed E-state index contributed by atoms with van der Waals surface area (Å²) in [7, 11) is 1.61. The predicted octanol–water partition coefficient (Wildman–Crippen LogP) is 4.62. The lowest BCUT2D eigenvalue weighted by Gasteiger charge is -2.19. The second kappa shape index (κ2) is 9.39. The Kier molecular flexibility index (Phi) is 6.42. The van der Waals surface area contributed by atoms with Crippen LogP contribution in [0.1, 0.15) is 38.5 Å². The van der Waals surface area contributed by atoms with Gasteiger partial charge in [-0.1, -0.05) is 18.2 Å². The fourth-order valence-electron chi connectivity index (χ4n) is 3.73. The van der Waals surface area contributed by atoms with Crippen molar-refractivity contribution in [2.45, 2.75) is 19.3 Å². The molecule has 2 amide bonds. The van der Waals surface area contributed by atoms with Crippen molar-refractivity contribution in [1.29, 1.82) is 0 Å². The molecule has 0 atom stereocenters. The van der Waals surface area contributed by atoms with Crippen molar-refractivity contribution in [3.8, 4) is 5.75 Å². The third-order valence-electron chi connectivity index (χ3n) is 5.32. The van der Waals surface area contributed by atoms with Crippen molar-refractivity contribution >= 4 is 33.4 Å². The molecule has 1 N–H and O–H groups in total. The Morgan fingerprint density at radius 2 is 1.90 bits per heavy atom. The number of hydrogen-bond acceptors (Lipinski definition) is 4. The number of furan rings is 1. The maximum absolute atomic E-state index is 12.8. The zero-order valence-electron chi connectivity index (χ0n) is 17.2. The molecular formula is C24H23BrN2O4. The van der Waals surface area contributed by atoms with E-state index >= 15 is 0 Å². The Morgan fingerprint density at radius 1 is 1.10 bits per heavy atom. The summed E-state index contributed by atoms with van der Waals surface area (Å²) in [5.41, 5.74) is 3.66. The van der Waals surface area contributed by atoms with Crippen LogP contribution in [0.3, 0.4) is 0 Å². The number of hydrogen-bond donors (Lipinski definition) is 1. The van der Waals surface area contributed by atoms with Crippen LogP contribution in [-0.4, -0.2) is 32.0 Å². The van der Waals surface area contributed by atoms with E-state index in [9.17, 15) is 9.59 Å². The summed E-state index contributed by atoms with van der Waals surface area (Å²) in [5, 5.41) is 2.87. The van der Waals surface area contributed by atoms with E-state index in [-0.39, 0.29) is 17.6 Å². The highest BCUT2D eigenvalue weighted by molar-refractivity contribution is 9.10. The minimum atomic E-state index is -0.342. The highest BCUT2D eigenvalue weighted by Gasteiger charge is 2.21. The maximum atomic E-state index is 12.8. The summed E-state index contributed by atoms with van der Waals surface area (Å²) < 4.78 is 11.6. The summed E-state index contributed by atoms with van der Waals surface area (Å²) in [5.74, 6) is 0.400. The van der Waals surface area contributed by atoms with E-state index in [0.29, 0.717) is 29.1 Å². The molecule has 0 bridgehead atoms. The molecule has 0 saturated heterocycles. The van der Waals surface area contributed by atoms with Gasteiger partial charge in [0.1, 0.15) is 12.4 Å². The number of para-hydroxylation sites is 1. The highest BCUT2D eigenvalue weighted by atomic mass is 79.9. The third-order valence-corrected chi connectivity index (χ3v) is 5.75. The fraction of sp³-hybridized carbons (Fsp3) is 0.250. The molecule has 7 heteroatoms. The number of ether oxygens (including phenoxy) is 1. The average molecular weight is 483 g/mol. The number of rotatable bonds is 7. The van der Waals surface area contributed by atoms with Gasteiger partial charge >= 0.3 is 0 Å². The Bertz CT molecular complexity index is 1110. The number of carbonyl (C=O) groups excluding carboxylic acids is 2. The molecule has 6 nitrogen and oxygen atoms in total. The summed E-state index contributed by atoms with van der Waals surface area (Å²) in [6.45, 7) is 0.717. The molecule has 1 aliphatic rings. The van der Waals surface area contributed by atoms with Gasteiger partial charge in [-0.25, -0.2) is 0 Å². The topological polar surface area (TPSA) is 71.8 Å². The van der Waals surface area contributed by atoms with Gasteiger partial charge in [0.2, 0.25) is 0 Å². The number of amides is 2. The quantitative estimate of drug-likeness (QED) is 0.498. The molecule has 0 saturated carbocycles. The first-order valence-electron chi connectivity index (χ1n) is 10.2. The van der Waals surface area contributed by atoms with Crippen molar-refractivity contribution in [2.24, 2.45) is 0 Å². The van der Waals surface area contributed by atoms with Crippen LogP contribution >= 0.6 is 15.9 Å². The first-order valence-corrected chi connectivity index (χ1v) is 11.0. The highest BCUT2D eigenvalue weighted by Crippen LogP contribution is 2.26. The monoisotopic (exact) mass is 482 g/mol. The van der Waals surface area contributed by atoms with Gasteiger partial charge in [-0.2, -0.15) is 0 Å². The van der Waals surface area contributed by atoms with E-state index in [4.69, 9.17) is 9.15 Å². The van der Waals surface area contributed by atoms with Gasteiger partial charge in [0.15, 0.2) is 10.4 Å².